The Morgan fingerprint density at radius 3 is 2.33 bits per heavy atom. The molecular formula is C17H24F3N. The van der Waals surface area contributed by atoms with Crippen LogP contribution in [-0.4, -0.2) is 7.05 Å². The topological polar surface area (TPSA) is 12.0 Å². The molecule has 1 aliphatic rings. The summed E-state index contributed by atoms with van der Waals surface area (Å²) in [7, 11) is 1.76. The van der Waals surface area contributed by atoms with Crippen LogP contribution in [0.25, 0.3) is 0 Å². The number of rotatable bonds is 3. The molecule has 1 N–H and O–H groups in total. The van der Waals surface area contributed by atoms with E-state index in [4.69, 9.17) is 0 Å². The molecule has 1 aliphatic carbocycles. The fraction of sp³-hybridized carbons (Fsp3) is 0.647. The number of hydrogen-bond donors (Lipinski definition) is 1. The van der Waals surface area contributed by atoms with Crippen molar-refractivity contribution in [3.05, 3.63) is 35.4 Å². The zero-order chi connectivity index (χ0) is 15.6. The third-order valence-corrected chi connectivity index (χ3v) is 5.02. The average molecular weight is 299 g/mol. The number of nitrogens with one attached hydrogen (secondary N) is 1. The molecule has 0 saturated heterocycles. The van der Waals surface area contributed by atoms with Gasteiger partial charge in [-0.1, -0.05) is 38.5 Å². The van der Waals surface area contributed by atoms with Crippen molar-refractivity contribution < 1.29 is 13.2 Å². The van der Waals surface area contributed by atoms with Crippen molar-refractivity contribution >= 4 is 0 Å². The first-order chi connectivity index (χ1) is 9.84. The molecule has 2 rings (SSSR count). The fourth-order valence-electron chi connectivity index (χ4n) is 3.56. The van der Waals surface area contributed by atoms with Crippen LogP contribution >= 0.6 is 0 Å². The summed E-state index contributed by atoms with van der Waals surface area (Å²) in [4.78, 5) is 0. The van der Waals surface area contributed by atoms with E-state index in [2.05, 4.69) is 19.2 Å². The minimum absolute atomic E-state index is 0.224. The van der Waals surface area contributed by atoms with Crippen molar-refractivity contribution in [2.45, 2.75) is 45.3 Å². The van der Waals surface area contributed by atoms with Gasteiger partial charge in [0.25, 0.3) is 0 Å². The number of benzene rings is 1. The van der Waals surface area contributed by atoms with E-state index in [0.717, 1.165) is 19.3 Å². The first kappa shape index (κ1) is 16.3. The second kappa shape index (κ2) is 6.39. The Labute approximate surface area is 124 Å². The van der Waals surface area contributed by atoms with Crippen LogP contribution in [0.15, 0.2) is 24.3 Å². The Morgan fingerprint density at radius 2 is 1.76 bits per heavy atom. The average Bonchev–Trinajstić information content (AvgIpc) is 2.43. The van der Waals surface area contributed by atoms with Crippen LogP contribution in [0.4, 0.5) is 13.2 Å². The molecule has 4 heteroatoms. The fourth-order valence-corrected chi connectivity index (χ4v) is 3.56. The van der Waals surface area contributed by atoms with Crippen LogP contribution in [-0.2, 0) is 6.18 Å². The highest BCUT2D eigenvalue weighted by Crippen LogP contribution is 2.43. The van der Waals surface area contributed by atoms with Crippen LogP contribution in [0.2, 0.25) is 0 Å². The van der Waals surface area contributed by atoms with Crippen LogP contribution in [0, 0.1) is 17.8 Å². The van der Waals surface area contributed by atoms with Crippen molar-refractivity contribution in [3.63, 3.8) is 0 Å². The number of hydrogen-bond acceptors (Lipinski definition) is 1. The highest BCUT2D eigenvalue weighted by molar-refractivity contribution is 5.33. The molecule has 4 atom stereocenters. The minimum Gasteiger partial charge on any atom is -0.313 e. The zero-order valence-corrected chi connectivity index (χ0v) is 12.9. The van der Waals surface area contributed by atoms with Crippen molar-refractivity contribution in [1.29, 1.82) is 0 Å². The third-order valence-electron chi connectivity index (χ3n) is 5.02. The number of alkyl halides is 3. The van der Waals surface area contributed by atoms with Gasteiger partial charge in [-0.25, -0.2) is 0 Å². The van der Waals surface area contributed by atoms with E-state index in [0.29, 0.717) is 17.4 Å². The maximum Gasteiger partial charge on any atom is 0.416 e. The number of halogens is 3. The van der Waals surface area contributed by atoms with Gasteiger partial charge in [0.05, 0.1) is 5.56 Å². The lowest BCUT2D eigenvalue weighted by Gasteiger charge is -2.37. The van der Waals surface area contributed by atoms with Crippen LogP contribution in [0.5, 0.6) is 0 Å². The van der Waals surface area contributed by atoms with Crippen molar-refractivity contribution in [3.8, 4) is 0 Å². The van der Waals surface area contributed by atoms with Gasteiger partial charge < -0.3 is 5.32 Å². The van der Waals surface area contributed by atoms with Gasteiger partial charge >= 0.3 is 6.18 Å². The lowest BCUT2D eigenvalue weighted by Crippen LogP contribution is -2.32. The van der Waals surface area contributed by atoms with Gasteiger partial charge in [-0.05, 0) is 49.3 Å². The summed E-state index contributed by atoms with van der Waals surface area (Å²) in [5.74, 6) is 1.50. The molecule has 0 aliphatic heterocycles. The molecule has 0 spiro atoms. The monoisotopic (exact) mass is 299 g/mol. The summed E-state index contributed by atoms with van der Waals surface area (Å²) < 4.78 is 39.7. The van der Waals surface area contributed by atoms with E-state index in [1.165, 1.54) is 12.1 Å². The van der Waals surface area contributed by atoms with Crippen LogP contribution in [0.3, 0.4) is 0 Å². The summed E-state index contributed by atoms with van der Waals surface area (Å²) in [5.41, 5.74) is -0.116. The normalized spacial score (nSPS) is 28.4. The lowest BCUT2D eigenvalue weighted by molar-refractivity contribution is -0.138. The molecule has 0 amide bonds. The van der Waals surface area contributed by atoms with Gasteiger partial charge in [0.1, 0.15) is 0 Å². The molecule has 4 unspecified atom stereocenters. The molecule has 21 heavy (non-hydrogen) atoms. The first-order valence-corrected chi connectivity index (χ1v) is 7.68. The first-order valence-electron chi connectivity index (χ1n) is 7.68. The molecule has 118 valence electrons. The van der Waals surface area contributed by atoms with Gasteiger partial charge in [-0.3, -0.25) is 0 Å². The maximum absolute atomic E-state index is 13.2. The van der Waals surface area contributed by atoms with E-state index in [-0.39, 0.29) is 12.0 Å². The lowest BCUT2D eigenvalue weighted by atomic mass is 9.71. The Hall–Kier alpha value is -1.03. The van der Waals surface area contributed by atoms with E-state index < -0.39 is 11.7 Å². The largest absolute Gasteiger partial charge is 0.416 e. The Morgan fingerprint density at radius 1 is 1.10 bits per heavy atom. The molecule has 1 aromatic rings. The summed E-state index contributed by atoms with van der Waals surface area (Å²) >= 11 is 0. The smallest absolute Gasteiger partial charge is 0.313 e. The highest BCUT2D eigenvalue weighted by atomic mass is 19.4. The Bertz CT molecular complexity index is 469. The Kier molecular flexibility index (Phi) is 4.97. The molecule has 0 heterocycles. The molecule has 1 fully saturated rings. The summed E-state index contributed by atoms with van der Waals surface area (Å²) in [5, 5.41) is 3.14. The molecule has 0 bridgehead atoms. The zero-order valence-electron chi connectivity index (χ0n) is 12.9. The van der Waals surface area contributed by atoms with Gasteiger partial charge in [0, 0.05) is 6.04 Å². The quantitative estimate of drug-likeness (QED) is 0.824. The summed E-state index contributed by atoms with van der Waals surface area (Å²) in [6.07, 6.45) is -1.22. The molecular weight excluding hydrogens is 275 g/mol. The van der Waals surface area contributed by atoms with Gasteiger partial charge in [0.15, 0.2) is 0 Å². The van der Waals surface area contributed by atoms with E-state index in [1.807, 2.05) is 0 Å². The predicted octanol–water partition coefficient (Wildman–Crippen LogP) is 5.04. The van der Waals surface area contributed by atoms with E-state index >= 15 is 0 Å². The Balaban J connectivity index is 2.30. The van der Waals surface area contributed by atoms with Gasteiger partial charge in [-0.15, -0.1) is 0 Å². The molecule has 0 aromatic heterocycles. The van der Waals surface area contributed by atoms with Crippen molar-refractivity contribution in [2.24, 2.45) is 17.8 Å². The molecule has 1 aromatic carbocycles. The minimum atomic E-state index is -4.29. The second-order valence-electron chi connectivity index (χ2n) is 6.38. The third kappa shape index (κ3) is 3.60. The van der Waals surface area contributed by atoms with Gasteiger partial charge in [-0.2, -0.15) is 13.2 Å². The maximum atomic E-state index is 13.2. The van der Waals surface area contributed by atoms with Crippen LogP contribution < -0.4 is 5.32 Å². The summed E-state index contributed by atoms with van der Waals surface area (Å²) in [6, 6.07) is 5.74. The molecule has 1 saturated carbocycles. The molecule has 0 radical (unpaired) electrons. The van der Waals surface area contributed by atoms with Gasteiger partial charge in [0.2, 0.25) is 0 Å². The van der Waals surface area contributed by atoms with Crippen molar-refractivity contribution in [2.75, 3.05) is 7.05 Å². The molecule has 1 nitrogen and oxygen atoms in total. The van der Waals surface area contributed by atoms with E-state index in [1.54, 1.807) is 19.2 Å². The predicted molar refractivity (Wildman–Crippen MR) is 78.9 cm³/mol. The second-order valence-corrected chi connectivity index (χ2v) is 6.38. The highest BCUT2D eigenvalue weighted by Gasteiger charge is 2.37. The van der Waals surface area contributed by atoms with E-state index in [9.17, 15) is 13.2 Å². The summed E-state index contributed by atoms with van der Waals surface area (Å²) in [6.45, 7) is 4.44. The standard InChI is InChI=1S/C17H24F3N/c1-11-8-9-13(10-12(11)2)16(21-3)14-6-4-5-7-15(14)17(18,19)20/h4-7,11-13,16,21H,8-10H2,1-3H3. The van der Waals surface area contributed by atoms with Crippen LogP contribution in [0.1, 0.15) is 50.3 Å². The SMILES string of the molecule is CNC(c1ccccc1C(F)(F)F)C1CCC(C)C(C)C1. The van der Waals surface area contributed by atoms with Crippen molar-refractivity contribution in [1.82, 2.24) is 5.32 Å².